The summed E-state index contributed by atoms with van der Waals surface area (Å²) in [7, 11) is -3.58. The number of hydrogen-bond donors (Lipinski definition) is 0. The normalized spacial score (nSPS) is 15.3. The summed E-state index contributed by atoms with van der Waals surface area (Å²) in [4.78, 5) is 20.2. The van der Waals surface area contributed by atoms with Crippen molar-refractivity contribution in [3.63, 3.8) is 0 Å². The second-order valence-electron chi connectivity index (χ2n) is 9.10. The summed E-state index contributed by atoms with van der Waals surface area (Å²) in [5.41, 5.74) is 2.12. The first-order valence-electron chi connectivity index (χ1n) is 11.8. The summed E-state index contributed by atoms with van der Waals surface area (Å²) in [6.45, 7) is 3.53. The monoisotopic (exact) mass is 539 g/mol. The van der Waals surface area contributed by atoms with Crippen LogP contribution in [-0.4, -0.2) is 36.7 Å². The molecule has 186 valence electrons. The quantitative estimate of drug-likeness (QED) is 0.292. The van der Waals surface area contributed by atoms with Crippen molar-refractivity contribution >= 4 is 54.2 Å². The Balaban J connectivity index is 1.45. The highest BCUT2D eigenvalue weighted by atomic mass is 35.5. The molecule has 1 aliphatic heterocycles. The molecule has 1 aromatic heterocycles. The van der Waals surface area contributed by atoms with Gasteiger partial charge in [-0.3, -0.25) is 9.69 Å². The van der Waals surface area contributed by atoms with E-state index >= 15 is 0 Å². The molecule has 0 saturated carbocycles. The van der Waals surface area contributed by atoms with E-state index in [2.05, 4.69) is 11.9 Å². The number of halogens is 1. The van der Waals surface area contributed by atoms with E-state index in [1.54, 1.807) is 23.1 Å². The molecule has 1 aliphatic rings. The van der Waals surface area contributed by atoms with Crippen LogP contribution in [0.4, 0.5) is 5.13 Å². The Bertz CT molecular complexity index is 1480. The van der Waals surface area contributed by atoms with Crippen molar-refractivity contribution in [2.24, 2.45) is 5.92 Å². The number of rotatable bonds is 6. The van der Waals surface area contributed by atoms with Crippen molar-refractivity contribution in [3.8, 4) is 0 Å². The maximum atomic E-state index is 13.7. The molecule has 6 nitrogen and oxygen atoms in total. The van der Waals surface area contributed by atoms with Gasteiger partial charge in [0.05, 0.1) is 21.7 Å². The number of hydrogen-bond acceptors (Lipinski definition) is 5. The van der Waals surface area contributed by atoms with E-state index in [-0.39, 0.29) is 10.8 Å². The van der Waals surface area contributed by atoms with Gasteiger partial charge in [-0.25, -0.2) is 13.4 Å². The Hall–Kier alpha value is -2.78. The molecule has 0 radical (unpaired) electrons. The van der Waals surface area contributed by atoms with E-state index in [4.69, 9.17) is 11.6 Å². The van der Waals surface area contributed by atoms with E-state index in [1.165, 1.54) is 27.8 Å². The molecule has 3 aromatic carbocycles. The van der Waals surface area contributed by atoms with E-state index in [9.17, 15) is 13.2 Å². The van der Waals surface area contributed by atoms with Crippen molar-refractivity contribution in [2.75, 3.05) is 18.0 Å². The molecule has 5 rings (SSSR count). The van der Waals surface area contributed by atoms with Crippen molar-refractivity contribution in [1.29, 1.82) is 0 Å². The molecule has 1 saturated heterocycles. The number of fused-ring (bicyclic) bond motifs is 1. The molecule has 0 spiro atoms. The van der Waals surface area contributed by atoms with Gasteiger partial charge < -0.3 is 0 Å². The van der Waals surface area contributed by atoms with Gasteiger partial charge in [-0.2, -0.15) is 4.31 Å². The van der Waals surface area contributed by atoms with Crippen LogP contribution in [0, 0.1) is 5.92 Å². The van der Waals surface area contributed by atoms with E-state index in [0.29, 0.717) is 41.3 Å². The number of sulfonamides is 1. The molecule has 2 heterocycles. The second-order valence-corrected chi connectivity index (χ2v) is 12.5. The van der Waals surface area contributed by atoms with Gasteiger partial charge in [0, 0.05) is 23.7 Å². The van der Waals surface area contributed by atoms with Gasteiger partial charge in [-0.05, 0) is 66.8 Å². The zero-order valence-electron chi connectivity index (χ0n) is 19.8. The molecule has 4 aromatic rings. The Labute approximate surface area is 220 Å². The molecule has 0 unspecified atom stereocenters. The SMILES string of the molecule is CC1CCN(S(=O)(=O)c2ccc(C(=O)N(Cc3ccccc3)c3nc4ccc(Cl)cc4s3)cc2)CC1. The van der Waals surface area contributed by atoms with E-state index in [0.717, 1.165) is 28.6 Å². The Morgan fingerprint density at radius 2 is 1.75 bits per heavy atom. The number of benzene rings is 3. The van der Waals surface area contributed by atoms with Crippen molar-refractivity contribution < 1.29 is 13.2 Å². The first-order valence-corrected chi connectivity index (χ1v) is 14.5. The van der Waals surface area contributed by atoms with Crippen LogP contribution in [0.15, 0.2) is 77.7 Å². The maximum absolute atomic E-state index is 13.7. The fourth-order valence-electron chi connectivity index (χ4n) is 4.29. The number of carbonyl (C=O) groups excluding carboxylic acids is 1. The molecule has 0 aliphatic carbocycles. The molecule has 0 N–H and O–H groups in total. The Kier molecular flexibility index (Phi) is 7.12. The fraction of sp³-hybridized carbons (Fsp3) is 0.259. The van der Waals surface area contributed by atoms with E-state index < -0.39 is 10.0 Å². The molecule has 36 heavy (non-hydrogen) atoms. The molecular weight excluding hydrogens is 514 g/mol. The van der Waals surface area contributed by atoms with Gasteiger partial charge in [-0.15, -0.1) is 0 Å². The van der Waals surface area contributed by atoms with Gasteiger partial charge in [0.1, 0.15) is 0 Å². The zero-order valence-corrected chi connectivity index (χ0v) is 22.2. The third kappa shape index (κ3) is 5.18. The maximum Gasteiger partial charge on any atom is 0.260 e. The summed E-state index contributed by atoms with van der Waals surface area (Å²) in [6, 6.07) is 21.4. The number of thiazole rings is 1. The Morgan fingerprint density at radius 1 is 1.06 bits per heavy atom. The van der Waals surface area contributed by atoms with E-state index in [1.807, 2.05) is 42.5 Å². The van der Waals surface area contributed by atoms with Gasteiger partial charge in [0.2, 0.25) is 10.0 Å². The summed E-state index contributed by atoms with van der Waals surface area (Å²) >= 11 is 7.55. The highest BCUT2D eigenvalue weighted by Crippen LogP contribution is 2.33. The number of aromatic nitrogens is 1. The van der Waals surface area contributed by atoms with Gasteiger partial charge in [0.15, 0.2) is 5.13 Å². The predicted octanol–water partition coefficient (Wildman–Crippen LogP) is 6.22. The lowest BCUT2D eigenvalue weighted by Gasteiger charge is -2.29. The third-order valence-corrected chi connectivity index (χ3v) is 9.67. The van der Waals surface area contributed by atoms with Crippen molar-refractivity contribution in [1.82, 2.24) is 9.29 Å². The number of amides is 1. The van der Waals surface area contributed by atoms with Gasteiger partial charge >= 0.3 is 0 Å². The molecular formula is C27H26ClN3O3S2. The number of piperidine rings is 1. The minimum atomic E-state index is -3.58. The minimum absolute atomic E-state index is 0.206. The van der Waals surface area contributed by atoms with Gasteiger partial charge in [0.25, 0.3) is 5.91 Å². The van der Waals surface area contributed by atoms with Crippen LogP contribution in [0.25, 0.3) is 10.2 Å². The first-order chi connectivity index (χ1) is 17.3. The molecule has 0 bridgehead atoms. The standard InChI is InChI=1S/C27H26ClN3O3S2/c1-19-13-15-30(16-14-19)36(33,34)23-10-7-21(8-11-23)26(32)31(18-20-5-3-2-4-6-20)27-29-24-12-9-22(28)17-25(24)35-27/h2-12,17,19H,13-16,18H2,1H3. The third-order valence-electron chi connectivity index (χ3n) is 6.48. The van der Waals surface area contributed by atoms with Gasteiger partial charge in [-0.1, -0.05) is 60.2 Å². The topological polar surface area (TPSA) is 70.6 Å². The molecule has 1 amide bonds. The van der Waals surface area contributed by atoms with Crippen LogP contribution < -0.4 is 4.90 Å². The molecule has 1 fully saturated rings. The first kappa shape index (κ1) is 24.9. The summed E-state index contributed by atoms with van der Waals surface area (Å²) in [6.07, 6.45) is 1.72. The largest absolute Gasteiger partial charge is 0.279 e. The van der Waals surface area contributed by atoms with Crippen molar-refractivity contribution in [3.05, 3.63) is 88.9 Å². The van der Waals surface area contributed by atoms with Crippen LogP contribution in [0.3, 0.4) is 0 Å². The smallest absolute Gasteiger partial charge is 0.260 e. The lowest BCUT2D eigenvalue weighted by molar-refractivity contribution is 0.0985. The highest BCUT2D eigenvalue weighted by molar-refractivity contribution is 7.89. The number of carbonyl (C=O) groups is 1. The van der Waals surface area contributed by atoms with Crippen LogP contribution in [0.1, 0.15) is 35.7 Å². The Morgan fingerprint density at radius 3 is 2.44 bits per heavy atom. The molecule has 0 atom stereocenters. The summed E-state index contributed by atoms with van der Waals surface area (Å²) in [5, 5.41) is 1.17. The summed E-state index contributed by atoms with van der Waals surface area (Å²) < 4.78 is 28.6. The minimum Gasteiger partial charge on any atom is -0.279 e. The lowest BCUT2D eigenvalue weighted by Crippen LogP contribution is -2.37. The van der Waals surface area contributed by atoms with Crippen LogP contribution >= 0.6 is 22.9 Å². The molecule has 9 heteroatoms. The van der Waals surface area contributed by atoms with Crippen LogP contribution in [0.2, 0.25) is 5.02 Å². The zero-order chi connectivity index (χ0) is 25.3. The highest BCUT2D eigenvalue weighted by Gasteiger charge is 2.29. The number of nitrogens with zero attached hydrogens (tertiary/aromatic N) is 3. The average Bonchev–Trinajstić information content (AvgIpc) is 3.31. The number of anilines is 1. The predicted molar refractivity (Wildman–Crippen MR) is 145 cm³/mol. The summed E-state index contributed by atoms with van der Waals surface area (Å²) in [5.74, 6) is 0.283. The average molecular weight is 540 g/mol. The van der Waals surface area contributed by atoms with Crippen LogP contribution in [0.5, 0.6) is 0 Å². The fourth-order valence-corrected chi connectivity index (χ4v) is 7.00. The second kappa shape index (κ2) is 10.3. The lowest BCUT2D eigenvalue weighted by atomic mass is 10.0. The van der Waals surface area contributed by atoms with Crippen LogP contribution in [-0.2, 0) is 16.6 Å². The van der Waals surface area contributed by atoms with Crippen molar-refractivity contribution in [2.45, 2.75) is 31.2 Å².